The summed E-state index contributed by atoms with van der Waals surface area (Å²) in [6.45, 7) is 3.93. The van der Waals surface area contributed by atoms with Crippen LogP contribution in [-0.2, 0) is 0 Å². The fourth-order valence-corrected chi connectivity index (χ4v) is 1.62. The van der Waals surface area contributed by atoms with E-state index in [-0.39, 0.29) is 0 Å². The number of hydrogen-bond acceptors (Lipinski definition) is 5. The van der Waals surface area contributed by atoms with Gasteiger partial charge in [-0.25, -0.2) is 5.43 Å². The lowest BCUT2D eigenvalue weighted by molar-refractivity contribution is -0.355. The maximum absolute atomic E-state index is 11.0. The fourth-order valence-electron chi connectivity index (χ4n) is 1.62. The van der Waals surface area contributed by atoms with Crippen molar-refractivity contribution in [1.82, 2.24) is 5.43 Å². The highest BCUT2D eigenvalue weighted by molar-refractivity contribution is 5.74. The zero-order chi connectivity index (χ0) is 15.9. The number of hydrazine groups is 1. The molecule has 114 valence electrons. The van der Waals surface area contributed by atoms with Gasteiger partial charge in [0.25, 0.3) is 0 Å². The van der Waals surface area contributed by atoms with Crippen molar-refractivity contribution < 1.29 is 4.92 Å². The summed E-state index contributed by atoms with van der Waals surface area (Å²) in [7, 11) is 0. The molecule has 2 aromatic carbocycles. The number of aryl methyl sites for hydroxylation is 2. The molecule has 0 heterocycles. The highest BCUT2D eigenvalue weighted by Crippen LogP contribution is 2.09. The Hall–Kier alpha value is -3.09. The minimum absolute atomic E-state index is 0.429. The van der Waals surface area contributed by atoms with Crippen LogP contribution in [0.4, 0.5) is 11.4 Å². The molecule has 0 radical (unpaired) electrons. The second-order valence-electron chi connectivity index (χ2n) is 4.79. The van der Waals surface area contributed by atoms with E-state index in [4.69, 9.17) is 0 Å². The minimum Gasteiger partial charge on any atom is -0.390 e. The third kappa shape index (κ3) is 4.48. The van der Waals surface area contributed by atoms with Crippen molar-refractivity contribution in [3.8, 4) is 0 Å². The first-order chi connectivity index (χ1) is 10.5. The van der Waals surface area contributed by atoms with Gasteiger partial charge < -0.3 is 10.1 Å². The maximum Gasteiger partial charge on any atom is 0.469 e. The van der Waals surface area contributed by atoms with Crippen molar-refractivity contribution in [1.29, 1.82) is 0 Å². The second-order valence-corrected chi connectivity index (χ2v) is 4.79. The molecule has 0 aliphatic rings. The zero-order valence-corrected chi connectivity index (χ0v) is 12.3. The number of nitrogens with one attached hydrogen (secondary N) is 3. The van der Waals surface area contributed by atoms with Crippen molar-refractivity contribution in [2.75, 3.05) is 10.9 Å². The summed E-state index contributed by atoms with van der Waals surface area (Å²) in [4.78, 5) is 10.4. The number of anilines is 2. The second kappa shape index (κ2) is 7.07. The van der Waals surface area contributed by atoms with Gasteiger partial charge in [-0.3, -0.25) is 5.43 Å². The summed E-state index contributed by atoms with van der Waals surface area (Å²) in [5.74, 6) is -0.429. The van der Waals surface area contributed by atoms with E-state index in [2.05, 4.69) is 21.4 Å². The average molecular weight is 299 g/mol. The number of hydrogen-bond donors (Lipinski definition) is 3. The molecule has 0 bridgehead atoms. The maximum atomic E-state index is 11.0. The molecule has 0 saturated heterocycles. The van der Waals surface area contributed by atoms with E-state index in [9.17, 15) is 10.1 Å². The Balaban J connectivity index is 1.99. The molecule has 2 rings (SSSR count). The summed E-state index contributed by atoms with van der Waals surface area (Å²) in [6.07, 6.45) is 0. The van der Waals surface area contributed by atoms with Crippen molar-refractivity contribution in [3.05, 3.63) is 69.8 Å². The largest absolute Gasteiger partial charge is 0.469 e. The van der Waals surface area contributed by atoms with Crippen molar-refractivity contribution in [3.63, 3.8) is 0 Å². The van der Waals surface area contributed by atoms with Crippen LogP contribution < -0.4 is 16.3 Å². The quantitative estimate of drug-likeness (QED) is 0.349. The number of benzene rings is 2. The number of guanidine groups is 1. The van der Waals surface area contributed by atoms with Gasteiger partial charge in [0, 0.05) is 5.10 Å². The fraction of sp³-hybridized carbons (Fsp3) is 0.133. The van der Waals surface area contributed by atoms with Gasteiger partial charge in [0.1, 0.15) is 0 Å². The van der Waals surface area contributed by atoms with Crippen LogP contribution in [0, 0.1) is 24.0 Å². The van der Waals surface area contributed by atoms with E-state index in [0.717, 1.165) is 11.1 Å². The smallest absolute Gasteiger partial charge is 0.390 e. The molecule has 7 heteroatoms. The third-order valence-corrected chi connectivity index (χ3v) is 2.89. The Labute approximate surface area is 128 Å². The van der Waals surface area contributed by atoms with Crippen molar-refractivity contribution in [2.45, 2.75) is 13.8 Å². The van der Waals surface area contributed by atoms with Crippen LogP contribution in [0.1, 0.15) is 11.1 Å². The van der Waals surface area contributed by atoms with Crippen LogP contribution in [0.5, 0.6) is 0 Å². The van der Waals surface area contributed by atoms with E-state index >= 15 is 0 Å². The first kappa shape index (κ1) is 15.3. The normalized spacial score (nSPS) is 10.9. The number of nitro groups is 1. The van der Waals surface area contributed by atoms with Gasteiger partial charge in [-0.2, -0.15) is 5.43 Å². The van der Waals surface area contributed by atoms with Crippen LogP contribution in [0.25, 0.3) is 0 Å². The molecule has 0 amide bonds. The number of hydrazone groups is 1. The molecule has 7 nitrogen and oxygen atoms in total. The SMILES string of the molecule is Cc1ccc(N/N=C(/NNc2ccc(C)cc2)[N+](=O)[O-])cc1. The number of nitrogens with zero attached hydrogens (tertiary/aromatic N) is 2. The van der Waals surface area contributed by atoms with Crippen LogP contribution in [-0.4, -0.2) is 10.9 Å². The predicted molar refractivity (Wildman–Crippen MR) is 87.2 cm³/mol. The van der Waals surface area contributed by atoms with Crippen LogP contribution in [0.2, 0.25) is 0 Å². The van der Waals surface area contributed by atoms with Crippen LogP contribution >= 0.6 is 0 Å². The highest BCUT2D eigenvalue weighted by Gasteiger charge is 2.11. The minimum atomic E-state index is -0.609. The summed E-state index contributed by atoms with van der Waals surface area (Å²) >= 11 is 0. The van der Waals surface area contributed by atoms with Crippen LogP contribution in [0.15, 0.2) is 53.6 Å². The molecule has 0 fully saturated rings. The Morgan fingerprint density at radius 2 is 1.45 bits per heavy atom. The van der Waals surface area contributed by atoms with Gasteiger partial charge in [0.2, 0.25) is 0 Å². The van der Waals surface area contributed by atoms with E-state index < -0.39 is 10.9 Å². The summed E-state index contributed by atoms with van der Waals surface area (Å²) in [6, 6.07) is 14.8. The summed E-state index contributed by atoms with van der Waals surface area (Å²) < 4.78 is 0. The van der Waals surface area contributed by atoms with E-state index in [1.165, 1.54) is 0 Å². The van der Waals surface area contributed by atoms with E-state index in [0.29, 0.717) is 11.4 Å². The molecule has 22 heavy (non-hydrogen) atoms. The highest BCUT2D eigenvalue weighted by atomic mass is 16.6. The van der Waals surface area contributed by atoms with Gasteiger partial charge in [0.15, 0.2) is 0 Å². The van der Waals surface area contributed by atoms with Gasteiger partial charge >= 0.3 is 5.96 Å². The topological polar surface area (TPSA) is 91.6 Å². The number of rotatable bonds is 4. The standard InChI is InChI=1S/C15H17N5O2/c1-11-3-7-13(8-4-11)16-18-15(20(21)22)19-17-14-9-5-12(2)6-10-14/h3-10,16-17H,1-2H3,(H,18,19). The third-order valence-electron chi connectivity index (χ3n) is 2.89. The van der Waals surface area contributed by atoms with E-state index in [1.54, 1.807) is 12.1 Å². The van der Waals surface area contributed by atoms with Crippen molar-refractivity contribution >= 4 is 17.3 Å². The summed E-state index contributed by atoms with van der Waals surface area (Å²) in [5, 5.41) is 14.7. The molecule has 3 N–H and O–H groups in total. The van der Waals surface area contributed by atoms with Gasteiger partial charge in [-0.1, -0.05) is 35.4 Å². The molecule has 0 spiro atoms. The lowest BCUT2D eigenvalue weighted by Crippen LogP contribution is -2.36. The lowest BCUT2D eigenvalue weighted by atomic mass is 10.2. The Morgan fingerprint density at radius 1 is 0.955 bits per heavy atom. The summed E-state index contributed by atoms with van der Waals surface area (Å²) in [5.41, 5.74) is 11.4. The molecule has 0 aliphatic heterocycles. The Morgan fingerprint density at radius 3 is 1.95 bits per heavy atom. The average Bonchev–Trinajstić information content (AvgIpc) is 2.50. The Bertz CT molecular complexity index is 665. The predicted octanol–water partition coefficient (Wildman–Crippen LogP) is 2.88. The van der Waals surface area contributed by atoms with Crippen LogP contribution in [0.3, 0.4) is 0 Å². The molecule has 0 saturated carbocycles. The molecule has 0 aromatic heterocycles. The van der Waals surface area contributed by atoms with E-state index in [1.807, 2.05) is 50.2 Å². The lowest BCUT2D eigenvalue weighted by Gasteiger charge is -2.06. The van der Waals surface area contributed by atoms with Gasteiger partial charge in [0.05, 0.1) is 11.4 Å². The van der Waals surface area contributed by atoms with Gasteiger partial charge in [-0.15, -0.1) is 0 Å². The molecule has 0 aliphatic carbocycles. The monoisotopic (exact) mass is 299 g/mol. The van der Waals surface area contributed by atoms with Crippen molar-refractivity contribution in [2.24, 2.45) is 5.10 Å². The Kier molecular flexibility index (Phi) is 4.92. The first-order valence-electron chi connectivity index (χ1n) is 6.68. The zero-order valence-electron chi connectivity index (χ0n) is 12.3. The molecular formula is C15H17N5O2. The first-order valence-corrected chi connectivity index (χ1v) is 6.68. The molecular weight excluding hydrogens is 282 g/mol. The van der Waals surface area contributed by atoms with Gasteiger partial charge in [-0.05, 0) is 43.0 Å². The molecule has 0 unspecified atom stereocenters. The molecule has 0 atom stereocenters. The molecule has 2 aromatic rings.